The Kier molecular flexibility index (Phi) is 3.76. The second-order valence-electron chi connectivity index (χ2n) is 4.33. The highest BCUT2D eigenvalue weighted by molar-refractivity contribution is 6.30. The predicted molar refractivity (Wildman–Crippen MR) is 70.2 cm³/mol. The number of hydrogen-bond donors (Lipinski definition) is 2. The van der Waals surface area contributed by atoms with Crippen LogP contribution in [0.15, 0.2) is 29.8 Å². The second kappa shape index (κ2) is 5.32. The van der Waals surface area contributed by atoms with Crippen LogP contribution in [0.4, 0.5) is 4.79 Å². The molecule has 100 valence electrons. The number of amides is 1. The average molecular weight is 282 g/mol. The number of halogens is 1. The van der Waals surface area contributed by atoms with Gasteiger partial charge in [0.2, 0.25) is 0 Å². The van der Waals surface area contributed by atoms with Gasteiger partial charge >= 0.3 is 12.1 Å². The van der Waals surface area contributed by atoms with Gasteiger partial charge in [0.1, 0.15) is 6.04 Å². The summed E-state index contributed by atoms with van der Waals surface area (Å²) >= 11 is 5.86. The number of carboxylic acid groups (broad SMARTS) is 2. The van der Waals surface area contributed by atoms with Crippen LogP contribution in [0.2, 0.25) is 5.02 Å². The third kappa shape index (κ3) is 3.06. The molecule has 1 saturated heterocycles. The molecule has 1 amide bonds. The van der Waals surface area contributed by atoms with E-state index in [-0.39, 0.29) is 13.0 Å². The molecule has 0 spiro atoms. The molecule has 1 fully saturated rings. The second-order valence-corrected chi connectivity index (χ2v) is 4.76. The highest BCUT2D eigenvalue weighted by Gasteiger charge is 2.36. The Bertz CT molecular complexity index is 531. The van der Waals surface area contributed by atoms with E-state index in [9.17, 15) is 9.59 Å². The van der Waals surface area contributed by atoms with Gasteiger partial charge in [-0.25, -0.2) is 9.59 Å². The van der Waals surface area contributed by atoms with Crippen molar-refractivity contribution in [1.82, 2.24) is 4.90 Å². The summed E-state index contributed by atoms with van der Waals surface area (Å²) in [4.78, 5) is 22.9. The van der Waals surface area contributed by atoms with Crippen LogP contribution in [0.3, 0.4) is 0 Å². The lowest BCUT2D eigenvalue weighted by molar-refractivity contribution is -0.141. The Balaban J connectivity index is 2.24. The molecular formula is C13H12ClNO4. The monoisotopic (exact) mass is 281 g/mol. The van der Waals surface area contributed by atoms with E-state index in [4.69, 9.17) is 21.8 Å². The summed E-state index contributed by atoms with van der Waals surface area (Å²) in [6.07, 6.45) is 0.765. The van der Waals surface area contributed by atoms with Crippen LogP contribution in [0.25, 0.3) is 6.08 Å². The highest BCUT2D eigenvalue weighted by Crippen LogP contribution is 2.25. The minimum absolute atomic E-state index is 0.110. The third-order valence-corrected chi connectivity index (χ3v) is 3.19. The predicted octanol–water partition coefficient (Wildman–Crippen LogP) is 2.56. The van der Waals surface area contributed by atoms with Crippen molar-refractivity contribution < 1.29 is 19.8 Å². The average Bonchev–Trinajstić information content (AvgIpc) is 2.73. The van der Waals surface area contributed by atoms with Crippen molar-refractivity contribution >= 4 is 29.7 Å². The van der Waals surface area contributed by atoms with Crippen LogP contribution in [-0.4, -0.2) is 39.8 Å². The Morgan fingerprint density at radius 2 is 2.11 bits per heavy atom. The first-order chi connectivity index (χ1) is 8.97. The zero-order valence-corrected chi connectivity index (χ0v) is 10.7. The summed E-state index contributed by atoms with van der Waals surface area (Å²) < 4.78 is 0. The first kappa shape index (κ1) is 13.4. The van der Waals surface area contributed by atoms with Gasteiger partial charge in [-0.2, -0.15) is 0 Å². The van der Waals surface area contributed by atoms with E-state index in [1.54, 1.807) is 24.3 Å². The first-order valence-corrected chi connectivity index (χ1v) is 6.02. The molecule has 6 heteroatoms. The van der Waals surface area contributed by atoms with Crippen molar-refractivity contribution in [3.8, 4) is 0 Å². The van der Waals surface area contributed by atoms with Crippen LogP contribution in [-0.2, 0) is 4.79 Å². The summed E-state index contributed by atoms with van der Waals surface area (Å²) in [5.74, 6) is -1.13. The van der Waals surface area contributed by atoms with Crippen molar-refractivity contribution in [3.63, 3.8) is 0 Å². The SMILES string of the molecule is O=C(O)[C@@H]1C/C(=C\c2cccc(Cl)c2)CN1C(=O)O. The number of benzene rings is 1. The zero-order valence-electron chi connectivity index (χ0n) is 9.91. The van der Waals surface area contributed by atoms with E-state index in [1.807, 2.05) is 6.07 Å². The largest absolute Gasteiger partial charge is 0.480 e. The fraction of sp³-hybridized carbons (Fsp3) is 0.231. The van der Waals surface area contributed by atoms with Gasteiger partial charge in [0, 0.05) is 18.0 Å². The Hall–Kier alpha value is -2.01. The lowest BCUT2D eigenvalue weighted by Gasteiger charge is -2.16. The first-order valence-electron chi connectivity index (χ1n) is 5.65. The summed E-state index contributed by atoms with van der Waals surface area (Å²) in [6.45, 7) is 0.110. The number of hydrogen-bond acceptors (Lipinski definition) is 2. The molecular weight excluding hydrogens is 270 g/mol. The molecule has 0 saturated carbocycles. The topological polar surface area (TPSA) is 77.8 Å². The van der Waals surface area contributed by atoms with Crippen LogP contribution in [0, 0.1) is 0 Å². The molecule has 1 aromatic rings. The smallest absolute Gasteiger partial charge is 0.408 e. The standard InChI is InChI=1S/C13H12ClNO4/c14-10-3-1-2-8(5-10)4-9-6-11(12(16)17)15(7-9)13(18)19/h1-5,11H,6-7H2,(H,16,17)(H,18,19)/b9-4+/t11-/m0/s1. The zero-order chi connectivity index (χ0) is 14.0. The van der Waals surface area contributed by atoms with Gasteiger partial charge in [0.15, 0.2) is 0 Å². The molecule has 1 heterocycles. The van der Waals surface area contributed by atoms with Crippen molar-refractivity contribution in [1.29, 1.82) is 0 Å². The molecule has 0 bridgehead atoms. The van der Waals surface area contributed by atoms with Crippen molar-refractivity contribution in [3.05, 3.63) is 40.4 Å². The molecule has 0 aliphatic carbocycles. The van der Waals surface area contributed by atoms with Gasteiger partial charge in [0.25, 0.3) is 0 Å². The number of likely N-dealkylation sites (tertiary alicyclic amines) is 1. The highest BCUT2D eigenvalue weighted by atomic mass is 35.5. The molecule has 2 rings (SSSR count). The Morgan fingerprint density at radius 1 is 1.37 bits per heavy atom. The fourth-order valence-corrected chi connectivity index (χ4v) is 2.31. The quantitative estimate of drug-likeness (QED) is 0.873. The number of aliphatic carboxylic acids is 1. The van der Waals surface area contributed by atoms with Gasteiger partial charge in [-0.1, -0.05) is 29.8 Å². The van der Waals surface area contributed by atoms with Crippen molar-refractivity contribution in [2.75, 3.05) is 6.54 Å². The number of nitrogens with zero attached hydrogens (tertiary/aromatic N) is 1. The minimum atomic E-state index is -1.22. The van der Waals surface area contributed by atoms with E-state index >= 15 is 0 Å². The van der Waals surface area contributed by atoms with Crippen LogP contribution < -0.4 is 0 Å². The summed E-state index contributed by atoms with van der Waals surface area (Å²) in [7, 11) is 0. The Labute approximate surface area is 114 Å². The third-order valence-electron chi connectivity index (χ3n) is 2.96. The van der Waals surface area contributed by atoms with Crippen LogP contribution in [0.1, 0.15) is 12.0 Å². The lowest BCUT2D eigenvalue weighted by atomic mass is 10.1. The molecule has 1 aliphatic heterocycles. The van der Waals surface area contributed by atoms with Gasteiger partial charge in [-0.15, -0.1) is 0 Å². The van der Waals surface area contributed by atoms with Crippen LogP contribution in [0.5, 0.6) is 0 Å². The Morgan fingerprint density at radius 3 is 2.63 bits per heavy atom. The number of carboxylic acids is 1. The lowest BCUT2D eigenvalue weighted by Crippen LogP contribution is -2.39. The van der Waals surface area contributed by atoms with Gasteiger partial charge in [-0.05, 0) is 23.3 Å². The van der Waals surface area contributed by atoms with Crippen molar-refractivity contribution in [2.24, 2.45) is 0 Å². The molecule has 1 aliphatic rings. The van der Waals surface area contributed by atoms with Crippen molar-refractivity contribution in [2.45, 2.75) is 12.5 Å². The molecule has 0 radical (unpaired) electrons. The fourth-order valence-electron chi connectivity index (χ4n) is 2.11. The minimum Gasteiger partial charge on any atom is -0.480 e. The van der Waals surface area contributed by atoms with Gasteiger partial charge < -0.3 is 10.2 Å². The maximum absolute atomic E-state index is 11.0. The molecule has 1 aromatic carbocycles. The molecule has 19 heavy (non-hydrogen) atoms. The van der Waals surface area contributed by atoms with Gasteiger partial charge in [0.05, 0.1) is 0 Å². The van der Waals surface area contributed by atoms with Crippen LogP contribution >= 0.6 is 11.6 Å². The van der Waals surface area contributed by atoms with Gasteiger partial charge in [-0.3, -0.25) is 4.90 Å². The normalized spacial score (nSPS) is 20.8. The summed E-state index contributed by atoms with van der Waals surface area (Å²) in [5, 5.41) is 18.6. The number of carbonyl (C=O) groups is 2. The van der Waals surface area contributed by atoms with E-state index in [2.05, 4.69) is 0 Å². The molecule has 5 nitrogen and oxygen atoms in total. The maximum atomic E-state index is 11.0. The molecule has 1 atom stereocenters. The summed E-state index contributed by atoms with van der Waals surface area (Å²) in [6, 6.07) is 6.09. The molecule has 0 aromatic heterocycles. The summed E-state index contributed by atoms with van der Waals surface area (Å²) in [5.41, 5.74) is 1.59. The number of rotatable bonds is 2. The molecule has 2 N–H and O–H groups in total. The van der Waals surface area contributed by atoms with E-state index in [1.165, 1.54) is 0 Å². The maximum Gasteiger partial charge on any atom is 0.408 e. The van der Waals surface area contributed by atoms with E-state index < -0.39 is 18.1 Å². The van der Waals surface area contributed by atoms with E-state index in [0.717, 1.165) is 16.0 Å². The van der Waals surface area contributed by atoms with E-state index in [0.29, 0.717) is 5.02 Å². The molecule has 0 unspecified atom stereocenters.